The normalized spacial score (nSPS) is 14.1. The van der Waals surface area contributed by atoms with Gasteiger partial charge in [-0.05, 0) is 43.9 Å². The lowest BCUT2D eigenvalue weighted by atomic mass is 10.0. The number of carbonyl (C=O) groups excluding carboxylic acids is 1. The molecule has 2 aromatic rings. The molecule has 1 aliphatic heterocycles. The summed E-state index contributed by atoms with van der Waals surface area (Å²) < 4.78 is 11.0. The van der Waals surface area contributed by atoms with Gasteiger partial charge in [0.05, 0.1) is 18.7 Å². The summed E-state index contributed by atoms with van der Waals surface area (Å²) in [5, 5.41) is 3.03. The number of fused-ring (bicyclic) bond motifs is 1. The molecule has 0 bridgehead atoms. The summed E-state index contributed by atoms with van der Waals surface area (Å²) in [5.74, 6) is 1.52. The van der Waals surface area contributed by atoms with E-state index in [1.165, 1.54) is 0 Å². The summed E-state index contributed by atoms with van der Waals surface area (Å²) in [6.07, 6.45) is 1.89. The highest BCUT2D eigenvalue weighted by Gasteiger charge is 2.20. The van der Waals surface area contributed by atoms with Crippen LogP contribution in [-0.2, 0) is 4.79 Å². The first-order chi connectivity index (χ1) is 12.6. The van der Waals surface area contributed by atoms with Crippen LogP contribution < -0.4 is 14.8 Å². The molecule has 136 valence electrons. The lowest BCUT2D eigenvalue weighted by Crippen LogP contribution is -2.36. The number of ether oxygens (including phenoxy) is 2. The second-order valence-corrected chi connectivity index (χ2v) is 6.46. The van der Waals surface area contributed by atoms with Crippen molar-refractivity contribution in [3.05, 3.63) is 65.2 Å². The average Bonchev–Trinajstić information content (AvgIpc) is 2.67. The van der Waals surface area contributed by atoms with Crippen LogP contribution in [0.15, 0.2) is 54.1 Å². The van der Waals surface area contributed by atoms with Crippen molar-refractivity contribution in [3.8, 4) is 11.5 Å². The molecule has 5 heteroatoms. The molecule has 0 saturated carbocycles. The molecular formula is C21H24N2O3. The van der Waals surface area contributed by atoms with E-state index < -0.39 is 0 Å². The van der Waals surface area contributed by atoms with Crippen molar-refractivity contribution in [2.75, 3.05) is 34.4 Å². The topological polar surface area (TPSA) is 50.8 Å². The Morgan fingerprint density at radius 3 is 2.81 bits per heavy atom. The molecule has 0 spiro atoms. The minimum absolute atomic E-state index is 0.0476. The maximum Gasteiger partial charge on any atom is 0.250 e. The van der Waals surface area contributed by atoms with Crippen molar-refractivity contribution in [2.45, 2.75) is 6.04 Å². The minimum atomic E-state index is -0.103. The van der Waals surface area contributed by atoms with Gasteiger partial charge < -0.3 is 19.7 Å². The highest BCUT2D eigenvalue weighted by molar-refractivity contribution is 5.99. The van der Waals surface area contributed by atoms with Crippen LogP contribution in [0.1, 0.15) is 17.2 Å². The van der Waals surface area contributed by atoms with E-state index >= 15 is 0 Å². The number of hydrogen-bond donors (Lipinski definition) is 1. The third kappa shape index (κ3) is 4.06. The maximum atomic E-state index is 12.6. The largest absolute Gasteiger partial charge is 0.497 e. The first-order valence-corrected chi connectivity index (χ1v) is 8.59. The Balaban J connectivity index is 1.70. The van der Waals surface area contributed by atoms with Crippen molar-refractivity contribution in [2.24, 2.45) is 0 Å². The SMILES string of the molecule is COc1cccc([C@@H](CNC(=O)C2=Cc3ccccc3OC2)N(C)C)c1. The van der Waals surface area contributed by atoms with Gasteiger partial charge in [0, 0.05) is 12.1 Å². The van der Waals surface area contributed by atoms with E-state index in [0.717, 1.165) is 22.6 Å². The zero-order valence-electron chi connectivity index (χ0n) is 15.4. The molecule has 0 aromatic heterocycles. The summed E-state index contributed by atoms with van der Waals surface area (Å²) in [4.78, 5) is 14.7. The van der Waals surface area contributed by atoms with Gasteiger partial charge in [-0.2, -0.15) is 0 Å². The van der Waals surface area contributed by atoms with E-state index in [-0.39, 0.29) is 18.6 Å². The molecule has 0 unspecified atom stereocenters. The van der Waals surface area contributed by atoms with Crippen LogP contribution in [0.2, 0.25) is 0 Å². The number of amides is 1. The Kier molecular flexibility index (Phi) is 5.58. The van der Waals surface area contributed by atoms with Crippen LogP contribution in [0.3, 0.4) is 0 Å². The van der Waals surface area contributed by atoms with Crippen molar-refractivity contribution in [1.82, 2.24) is 10.2 Å². The fourth-order valence-electron chi connectivity index (χ4n) is 3.00. The first-order valence-electron chi connectivity index (χ1n) is 8.59. The molecule has 1 atom stereocenters. The highest BCUT2D eigenvalue weighted by Crippen LogP contribution is 2.26. The minimum Gasteiger partial charge on any atom is -0.497 e. The molecule has 0 fully saturated rings. The number of benzene rings is 2. The fourth-order valence-corrected chi connectivity index (χ4v) is 3.00. The van der Waals surface area contributed by atoms with Crippen molar-refractivity contribution in [3.63, 3.8) is 0 Å². The zero-order chi connectivity index (χ0) is 18.5. The number of hydrogen-bond acceptors (Lipinski definition) is 4. The molecule has 5 nitrogen and oxygen atoms in total. The smallest absolute Gasteiger partial charge is 0.250 e. The van der Waals surface area contributed by atoms with Crippen molar-refractivity contribution < 1.29 is 14.3 Å². The zero-order valence-corrected chi connectivity index (χ0v) is 15.4. The third-order valence-electron chi connectivity index (χ3n) is 4.48. The number of carbonyl (C=O) groups is 1. The molecule has 3 rings (SSSR count). The standard InChI is InChI=1S/C21H24N2O3/c1-23(2)19(15-8-6-9-18(12-15)25-3)13-22-21(24)17-11-16-7-4-5-10-20(16)26-14-17/h4-12,19H,13-14H2,1-3H3,(H,22,24)/t19-/m1/s1. The Morgan fingerprint density at radius 2 is 2.04 bits per heavy atom. The van der Waals surface area contributed by atoms with E-state index in [0.29, 0.717) is 12.1 Å². The molecule has 0 radical (unpaired) electrons. The van der Waals surface area contributed by atoms with Crippen LogP contribution in [0.25, 0.3) is 6.08 Å². The quantitative estimate of drug-likeness (QED) is 0.869. The summed E-state index contributed by atoms with van der Waals surface area (Å²) in [5.41, 5.74) is 2.65. The number of methoxy groups -OCH3 is 1. The molecule has 1 amide bonds. The van der Waals surface area contributed by atoms with Crippen molar-refractivity contribution in [1.29, 1.82) is 0 Å². The second kappa shape index (κ2) is 8.06. The summed E-state index contributed by atoms with van der Waals surface area (Å²) in [7, 11) is 5.64. The lowest BCUT2D eigenvalue weighted by Gasteiger charge is -2.26. The van der Waals surface area contributed by atoms with E-state index in [1.54, 1.807) is 7.11 Å². The number of nitrogens with zero attached hydrogens (tertiary/aromatic N) is 1. The molecule has 1 aliphatic rings. The molecule has 2 aromatic carbocycles. The van der Waals surface area contributed by atoms with Gasteiger partial charge in [0.1, 0.15) is 18.1 Å². The monoisotopic (exact) mass is 352 g/mol. The van der Waals surface area contributed by atoms with E-state index in [9.17, 15) is 4.79 Å². The average molecular weight is 352 g/mol. The Morgan fingerprint density at radius 1 is 1.23 bits per heavy atom. The van der Waals surface area contributed by atoms with Gasteiger partial charge in [0.25, 0.3) is 5.91 Å². The van der Waals surface area contributed by atoms with Crippen LogP contribution in [0.5, 0.6) is 11.5 Å². The summed E-state index contributed by atoms with van der Waals surface area (Å²) >= 11 is 0. The van der Waals surface area contributed by atoms with Crippen LogP contribution in [0.4, 0.5) is 0 Å². The van der Waals surface area contributed by atoms with Gasteiger partial charge in [-0.3, -0.25) is 4.79 Å². The Bertz CT molecular complexity index is 814. The molecule has 26 heavy (non-hydrogen) atoms. The van der Waals surface area contributed by atoms with E-state index in [4.69, 9.17) is 9.47 Å². The maximum absolute atomic E-state index is 12.6. The summed E-state index contributed by atoms with van der Waals surface area (Å²) in [6.45, 7) is 0.784. The van der Waals surface area contributed by atoms with Crippen molar-refractivity contribution >= 4 is 12.0 Å². The highest BCUT2D eigenvalue weighted by atomic mass is 16.5. The number of para-hydroxylation sites is 1. The van der Waals surface area contributed by atoms with E-state index in [1.807, 2.05) is 68.7 Å². The first kappa shape index (κ1) is 18.0. The number of nitrogens with one attached hydrogen (secondary N) is 1. The molecule has 1 N–H and O–H groups in total. The van der Waals surface area contributed by atoms with Gasteiger partial charge in [0.2, 0.25) is 0 Å². The fraction of sp³-hybridized carbons (Fsp3) is 0.286. The van der Waals surface area contributed by atoms with Gasteiger partial charge >= 0.3 is 0 Å². The molecule has 0 saturated heterocycles. The van der Waals surface area contributed by atoms with Crippen LogP contribution in [-0.4, -0.2) is 45.2 Å². The van der Waals surface area contributed by atoms with Gasteiger partial charge in [-0.25, -0.2) is 0 Å². The third-order valence-corrected chi connectivity index (χ3v) is 4.48. The molecule has 1 heterocycles. The number of rotatable bonds is 6. The van der Waals surface area contributed by atoms with Gasteiger partial charge in [0.15, 0.2) is 0 Å². The van der Waals surface area contributed by atoms with E-state index in [2.05, 4.69) is 10.2 Å². The number of likely N-dealkylation sites (N-methyl/N-ethyl adjacent to an activating group) is 1. The van der Waals surface area contributed by atoms with Gasteiger partial charge in [-0.15, -0.1) is 0 Å². The Hall–Kier alpha value is -2.79. The van der Waals surface area contributed by atoms with Crippen LogP contribution >= 0.6 is 0 Å². The predicted molar refractivity (Wildman–Crippen MR) is 102 cm³/mol. The lowest BCUT2D eigenvalue weighted by molar-refractivity contribution is -0.118. The predicted octanol–water partition coefficient (Wildman–Crippen LogP) is 2.89. The molecule has 0 aliphatic carbocycles. The second-order valence-electron chi connectivity index (χ2n) is 6.46. The Labute approximate surface area is 154 Å². The van der Waals surface area contributed by atoms with Gasteiger partial charge in [-0.1, -0.05) is 30.3 Å². The van der Waals surface area contributed by atoms with Crippen LogP contribution in [0, 0.1) is 0 Å². The molecular weight excluding hydrogens is 328 g/mol. The summed E-state index contributed by atoms with van der Waals surface area (Å²) in [6, 6.07) is 15.7.